The van der Waals surface area contributed by atoms with Crippen LogP contribution in [0.3, 0.4) is 0 Å². The summed E-state index contributed by atoms with van der Waals surface area (Å²) in [4.78, 5) is 0. The Morgan fingerprint density at radius 1 is 1.24 bits per heavy atom. The van der Waals surface area contributed by atoms with Crippen LogP contribution in [-0.2, 0) is 6.42 Å². The Morgan fingerprint density at radius 2 is 2.00 bits per heavy atom. The van der Waals surface area contributed by atoms with Gasteiger partial charge in [-0.25, -0.2) is 4.39 Å². The first-order valence-electron chi connectivity index (χ1n) is 6.50. The van der Waals surface area contributed by atoms with Crippen LogP contribution in [0.1, 0.15) is 17.2 Å². The summed E-state index contributed by atoms with van der Waals surface area (Å²) in [5, 5.41) is 3.90. The lowest BCUT2D eigenvalue weighted by molar-refractivity contribution is 0.400. The van der Waals surface area contributed by atoms with Gasteiger partial charge in [0.15, 0.2) is 0 Å². The van der Waals surface area contributed by atoms with Crippen LogP contribution in [0, 0.1) is 5.82 Å². The maximum atomic E-state index is 14.1. The monoisotopic (exact) mass is 327 g/mol. The van der Waals surface area contributed by atoms with E-state index < -0.39 is 0 Å². The average Bonchev–Trinajstić information content (AvgIpc) is 2.49. The third-order valence-electron chi connectivity index (χ3n) is 3.37. The van der Waals surface area contributed by atoms with Crippen molar-refractivity contribution in [2.24, 2.45) is 0 Å². The predicted molar refractivity (Wildman–Crippen MR) is 84.9 cm³/mol. The first-order valence-corrected chi connectivity index (χ1v) is 7.26. The molecule has 0 aliphatic heterocycles. The van der Waals surface area contributed by atoms with Gasteiger partial charge in [0.25, 0.3) is 0 Å². The zero-order valence-corrected chi connectivity index (χ0v) is 13.3. The van der Waals surface area contributed by atoms with Gasteiger partial charge in [-0.3, -0.25) is 0 Å². The Hall–Kier alpha value is -1.29. The van der Waals surface area contributed by atoms with E-state index in [4.69, 9.17) is 27.9 Å². The standard InChI is InChI=1S/C16H16Cl2FNO/c1-20-14(8-10-4-3-5-13(18)16(10)19)12-9-11(17)6-7-15(12)21-2/h3-7,9,14,20H,8H2,1-2H3. The van der Waals surface area contributed by atoms with Crippen LogP contribution in [0.25, 0.3) is 0 Å². The minimum atomic E-state index is -0.389. The van der Waals surface area contributed by atoms with Crippen LogP contribution in [-0.4, -0.2) is 14.2 Å². The van der Waals surface area contributed by atoms with Crippen LogP contribution >= 0.6 is 23.2 Å². The maximum absolute atomic E-state index is 14.1. The van der Waals surface area contributed by atoms with Crippen molar-refractivity contribution in [3.63, 3.8) is 0 Å². The van der Waals surface area contributed by atoms with E-state index in [0.29, 0.717) is 22.8 Å². The van der Waals surface area contributed by atoms with Crippen molar-refractivity contribution in [2.75, 3.05) is 14.2 Å². The van der Waals surface area contributed by atoms with Gasteiger partial charge in [0.05, 0.1) is 12.1 Å². The largest absolute Gasteiger partial charge is 0.496 e. The fourth-order valence-corrected chi connectivity index (χ4v) is 2.65. The highest BCUT2D eigenvalue weighted by Crippen LogP contribution is 2.31. The lowest BCUT2D eigenvalue weighted by Crippen LogP contribution is -2.20. The van der Waals surface area contributed by atoms with Crippen molar-refractivity contribution in [1.82, 2.24) is 5.32 Å². The average molecular weight is 328 g/mol. The van der Waals surface area contributed by atoms with Crippen molar-refractivity contribution in [2.45, 2.75) is 12.5 Å². The van der Waals surface area contributed by atoms with Crippen molar-refractivity contribution in [3.05, 3.63) is 63.4 Å². The predicted octanol–water partition coefficient (Wildman–Crippen LogP) is 4.64. The SMILES string of the molecule is CNC(Cc1cccc(Cl)c1F)c1cc(Cl)ccc1OC. The van der Waals surface area contributed by atoms with E-state index >= 15 is 0 Å². The number of rotatable bonds is 5. The highest BCUT2D eigenvalue weighted by molar-refractivity contribution is 6.31. The molecule has 0 radical (unpaired) electrons. The summed E-state index contributed by atoms with van der Waals surface area (Å²) in [6.45, 7) is 0. The molecule has 0 spiro atoms. The minimum Gasteiger partial charge on any atom is -0.496 e. The number of methoxy groups -OCH3 is 1. The second kappa shape index (κ2) is 7.12. The summed E-state index contributed by atoms with van der Waals surface area (Å²) in [7, 11) is 3.41. The van der Waals surface area contributed by atoms with Crippen molar-refractivity contribution < 1.29 is 9.13 Å². The first-order chi connectivity index (χ1) is 10.1. The molecule has 0 fully saturated rings. The molecule has 0 saturated heterocycles. The van der Waals surface area contributed by atoms with E-state index in [2.05, 4.69) is 5.32 Å². The van der Waals surface area contributed by atoms with Crippen LogP contribution in [0.15, 0.2) is 36.4 Å². The van der Waals surface area contributed by atoms with Crippen molar-refractivity contribution >= 4 is 23.2 Å². The number of likely N-dealkylation sites (N-methyl/N-ethyl adjacent to an activating group) is 1. The molecule has 1 atom stereocenters. The molecule has 5 heteroatoms. The Kier molecular flexibility index (Phi) is 5.45. The number of benzene rings is 2. The summed E-state index contributed by atoms with van der Waals surface area (Å²) in [5.74, 6) is 0.321. The van der Waals surface area contributed by atoms with Gasteiger partial charge in [0, 0.05) is 16.6 Å². The van der Waals surface area contributed by atoms with Crippen LogP contribution in [0.5, 0.6) is 5.75 Å². The quantitative estimate of drug-likeness (QED) is 0.863. The molecular weight excluding hydrogens is 312 g/mol. The normalized spacial score (nSPS) is 12.2. The molecule has 1 N–H and O–H groups in total. The van der Waals surface area contributed by atoms with E-state index in [-0.39, 0.29) is 16.9 Å². The molecule has 0 aromatic heterocycles. The summed E-state index contributed by atoms with van der Waals surface area (Å²) >= 11 is 11.9. The molecule has 1 unspecified atom stereocenters. The second-order valence-corrected chi connectivity index (χ2v) is 5.49. The summed E-state index contributed by atoms with van der Waals surface area (Å²) in [6, 6.07) is 10.3. The summed E-state index contributed by atoms with van der Waals surface area (Å²) < 4.78 is 19.4. The van der Waals surface area contributed by atoms with E-state index in [1.54, 1.807) is 31.4 Å². The number of hydrogen-bond acceptors (Lipinski definition) is 2. The smallest absolute Gasteiger partial charge is 0.145 e. The highest BCUT2D eigenvalue weighted by Gasteiger charge is 2.18. The van der Waals surface area contributed by atoms with Crippen LogP contribution in [0.2, 0.25) is 10.0 Å². The molecule has 2 rings (SSSR count). The van der Waals surface area contributed by atoms with E-state index in [0.717, 1.165) is 5.56 Å². The van der Waals surface area contributed by atoms with Gasteiger partial charge in [-0.05, 0) is 43.3 Å². The minimum absolute atomic E-state index is 0.125. The molecule has 0 amide bonds. The summed E-state index contributed by atoms with van der Waals surface area (Å²) in [6.07, 6.45) is 0.444. The van der Waals surface area contributed by atoms with Crippen molar-refractivity contribution in [1.29, 1.82) is 0 Å². The van der Waals surface area contributed by atoms with Crippen LogP contribution < -0.4 is 10.1 Å². The molecule has 2 aromatic carbocycles. The van der Waals surface area contributed by atoms with Gasteiger partial charge >= 0.3 is 0 Å². The van der Waals surface area contributed by atoms with Crippen molar-refractivity contribution in [3.8, 4) is 5.75 Å². The molecular formula is C16H16Cl2FNO. The molecule has 2 aromatic rings. The maximum Gasteiger partial charge on any atom is 0.145 e. The fourth-order valence-electron chi connectivity index (χ4n) is 2.27. The highest BCUT2D eigenvalue weighted by atomic mass is 35.5. The molecule has 0 heterocycles. The number of nitrogens with one attached hydrogen (secondary N) is 1. The second-order valence-electron chi connectivity index (χ2n) is 4.64. The lowest BCUT2D eigenvalue weighted by atomic mass is 9.98. The number of halogens is 3. The molecule has 0 saturated carbocycles. The third-order valence-corrected chi connectivity index (χ3v) is 3.90. The Morgan fingerprint density at radius 3 is 2.67 bits per heavy atom. The van der Waals surface area contributed by atoms with E-state index in [1.807, 2.05) is 13.1 Å². The topological polar surface area (TPSA) is 21.3 Å². The first kappa shape index (κ1) is 16.1. The molecule has 2 nitrogen and oxygen atoms in total. The summed E-state index contributed by atoms with van der Waals surface area (Å²) in [5.41, 5.74) is 1.43. The van der Waals surface area contributed by atoms with Gasteiger partial charge in [-0.1, -0.05) is 35.3 Å². The zero-order valence-electron chi connectivity index (χ0n) is 11.8. The molecule has 0 bridgehead atoms. The van der Waals surface area contributed by atoms with E-state index in [1.165, 1.54) is 6.07 Å². The molecule has 0 aliphatic carbocycles. The Balaban J connectivity index is 2.36. The van der Waals surface area contributed by atoms with Gasteiger partial charge in [0.1, 0.15) is 11.6 Å². The van der Waals surface area contributed by atoms with Crippen LogP contribution in [0.4, 0.5) is 4.39 Å². The molecule has 21 heavy (non-hydrogen) atoms. The molecule has 0 aliphatic rings. The van der Waals surface area contributed by atoms with Gasteiger partial charge < -0.3 is 10.1 Å². The fraction of sp³-hybridized carbons (Fsp3) is 0.250. The third kappa shape index (κ3) is 3.67. The Labute approximate surface area is 133 Å². The Bertz CT molecular complexity index is 634. The number of ether oxygens (including phenoxy) is 1. The lowest BCUT2D eigenvalue weighted by Gasteiger charge is -2.20. The zero-order chi connectivity index (χ0) is 15.4. The molecule has 112 valence electrons. The van der Waals surface area contributed by atoms with Gasteiger partial charge in [-0.15, -0.1) is 0 Å². The van der Waals surface area contributed by atoms with E-state index in [9.17, 15) is 4.39 Å². The van der Waals surface area contributed by atoms with Gasteiger partial charge in [-0.2, -0.15) is 0 Å². The van der Waals surface area contributed by atoms with Gasteiger partial charge in [0.2, 0.25) is 0 Å². The number of hydrogen-bond donors (Lipinski definition) is 1.